The van der Waals surface area contributed by atoms with Crippen LogP contribution in [0.5, 0.6) is 0 Å². The molecule has 3 heterocycles. The Morgan fingerprint density at radius 3 is 2.79 bits per heavy atom. The number of rotatable bonds is 6. The van der Waals surface area contributed by atoms with Crippen molar-refractivity contribution in [3.05, 3.63) is 41.0 Å². The van der Waals surface area contributed by atoms with Crippen LogP contribution < -0.4 is 0 Å². The summed E-state index contributed by atoms with van der Waals surface area (Å²) in [5.41, 5.74) is 4.68. The first-order valence-corrected chi connectivity index (χ1v) is 8.71. The Bertz CT molecular complexity index is 655. The number of H-pyrrole nitrogens is 1. The highest BCUT2D eigenvalue weighted by Crippen LogP contribution is 2.29. The molecular formula is C18H27N5O. The van der Waals surface area contributed by atoms with Gasteiger partial charge in [-0.05, 0) is 24.0 Å². The van der Waals surface area contributed by atoms with Crippen molar-refractivity contribution in [2.24, 2.45) is 0 Å². The molecular weight excluding hydrogens is 302 g/mol. The maximum atomic E-state index is 5.68. The van der Waals surface area contributed by atoms with E-state index in [0.29, 0.717) is 5.92 Å². The van der Waals surface area contributed by atoms with Crippen LogP contribution in [-0.4, -0.2) is 51.6 Å². The molecule has 0 amide bonds. The van der Waals surface area contributed by atoms with E-state index in [4.69, 9.17) is 9.72 Å². The summed E-state index contributed by atoms with van der Waals surface area (Å²) in [6, 6.07) is 4.41. The number of likely N-dealkylation sites (tertiary alicyclic amines) is 1. The number of methoxy groups -OCH3 is 1. The first-order valence-electron chi connectivity index (χ1n) is 8.71. The van der Waals surface area contributed by atoms with E-state index in [1.807, 2.05) is 0 Å². The first kappa shape index (κ1) is 17.0. The Morgan fingerprint density at radius 2 is 2.17 bits per heavy atom. The maximum absolute atomic E-state index is 5.68. The average molecular weight is 329 g/mol. The van der Waals surface area contributed by atoms with Gasteiger partial charge in [0.25, 0.3) is 0 Å². The lowest BCUT2D eigenvalue weighted by molar-refractivity contribution is 0.0957. The zero-order valence-electron chi connectivity index (χ0n) is 15.0. The average Bonchev–Trinajstić information content (AvgIpc) is 3.23. The number of aryl methyl sites for hydroxylation is 1. The summed E-state index contributed by atoms with van der Waals surface area (Å²) < 4.78 is 5.68. The lowest BCUT2D eigenvalue weighted by Crippen LogP contribution is -2.23. The number of nitrogens with zero attached hydrogens (tertiary/aromatic N) is 4. The fourth-order valence-corrected chi connectivity index (χ4v) is 3.45. The molecule has 0 bridgehead atoms. The molecule has 1 aliphatic rings. The van der Waals surface area contributed by atoms with E-state index in [0.717, 1.165) is 31.7 Å². The molecule has 1 N–H and O–H groups in total. The molecule has 2 aromatic heterocycles. The summed E-state index contributed by atoms with van der Waals surface area (Å²) >= 11 is 0. The molecule has 2 atom stereocenters. The molecule has 0 unspecified atom stereocenters. The van der Waals surface area contributed by atoms with Gasteiger partial charge in [0.1, 0.15) is 0 Å². The van der Waals surface area contributed by atoms with E-state index in [9.17, 15) is 0 Å². The van der Waals surface area contributed by atoms with Crippen LogP contribution in [0.4, 0.5) is 0 Å². The van der Waals surface area contributed by atoms with Crippen LogP contribution in [0.3, 0.4) is 0 Å². The number of nitrogens with one attached hydrogen (secondary N) is 1. The van der Waals surface area contributed by atoms with Crippen molar-refractivity contribution in [1.82, 2.24) is 25.3 Å². The lowest BCUT2D eigenvalue weighted by atomic mass is 10.0. The molecule has 0 spiro atoms. The first-order chi connectivity index (χ1) is 11.6. The van der Waals surface area contributed by atoms with Gasteiger partial charge < -0.3 is 4.74 Å². The third-order valence-electron chi connectivity index (χ3n) is 4.87. The Morgan fingerprint density at radius 1 is 1.33 bits per heavy atom. The topological polar surface area (TPSA) is 66.9 Å². The van der Waals surface area contributed by atoms with Gasteiger partial charge in [-0.25, -0.2) is 0 Å². The SMILES string of the molecule is CCc1nc(C(C)C)ccc1CN1C[C@@H](OC)[C@H](c2cn[nH]n2)C1. The van der Waals surface area contributed by atoms with E-state index in [2.05, 4.69) is 53.2 Å². The van der Waals surface area contributed by atoms with Crippen molar-refractivity contribution in [1.29, 1.82) is 0 Å². The molecule has 0 saturated carbocycles. The fourth-order valence-electron chi connectivity index (χ4n) is 3.45. The summed E-state index contributed by atoms with van der Waals surface area (Å²) in [4.78, 5) is 7.28. The highest BCUT2D eigenvalue weighted by Gasteiger charge is 2.35. The summed E-state index contributed by atoms with van der Waals surface area (Å²) in [5, 5.41) is 10.9. The van der Waals surface area contributed by atoms with Crippen molar-refractivity contribution < 1.29 is 4.74 Å². The minimum Gasteiger partial charge on any atom is -0.379 e. The van der Waals surface area contributed by atoms with E-state index in [1.54, 1.807) is 13.3 Å². The number of aromatic nitrogens is 4. The normalized spacial score (nSPS) is 21.7. The van der Waals surface area contributed by atoms with Crippen LogP contribution >= 0.6 is 0 Å². The van der Waals surface area contributed by atoms with Crippen LogP contribution in [0.25, 0.3) is 0 Å². The molecule has 130 valence electrons. The van der Waals surface area contributed by atoms with Crippen LogP contribution in [0, 0.1) is 0 Å². The second-order valence-corrected chi connectivity index (χ2v) is 6.82. The molecule has 2 aromatic rings. The van der Waals surface area contributed by atoms with Gasteiger partial charge in [-0.1, -0.05) is 26.8 Å². The minimum absolute atomic E-state index is 0.156. The van der Waals surface area contributed by atoms with Gasteiger partial charge in [-0.2, -0.15) is 15.4 Å². The number of hydrogen-bond acceptors (Lipinski definition) is 5. The van der Waals surface area contributed by atoms with Crippen molar-refractivity contribution >= 4 is 0 Å². The van der Waals surface area contributed by atoms with Crippen LogP contribution in [-0.2, 0) is 17.7 Å². The van der Waals surface area contributed by atoms with E-state index < -0.39 is 0 Å². The summed E-state index contributed by atoms with van der Waals surface area (Å²) in [5.74, 6) is 0.729. The number of hydrogen-bond donors (Lipinski definition) is 1. The van der Waals surface area contributed by atoms with Gasteiger partial charge in [-0.3, -0.25) is 9.88 Å². The number of ether oxygens (including phenoxy) is 1. The third kappa shape index (κ3) is 3.49. The smallest absolute Gasteiger partial charge is 0.0894 e. The zero-order chi connectivity index (χ0) is 17.1. The van der Waals surface area contributed by atoms with Crippen molar-refractivity contribution in [3.63, 3.8) is 0 Å². The van der Waals surface area contributed by atoms with E-state index in [-0.39, 0.29) is 12.0 Å². The highest BCUT2D eigenvalue weighted by molar-refractivity contribution is 5.25. The summed E-state index contributed by atoms with van der Waals surface area (Å²) in [6.07, 6.45) is 2.92. The zero-order valence-corrected chi connectivity index (χ0v) is 15.0. The van der Waals surface area contributed by atoms with E-state index in [1.165, 1.54) is 17.0 Å². The number of aromatic amines is 1. The molecule has 0 aromatic carbocycles. The van der Waals surface area contributed by atoms with Crippen molar-refractivity contribution in [3.8, 4) is 0 Å². The number of pyridine rings is 1. The quantitative estimate of drug-likeness (QED) is 0.882. The molecule has 3 rings (SSSR count). The minimum atomic E-state index is 0.156. The lowest BCUT2D eigenvalue weighted by Gasteiger charge is -2.18. The van der Waals surface area contributed by atoms with Crippen LogP contribution in [0.2, 0.25) is 0 Å². The standard InChI is InChI=1S/C18H27N5O/c1-5-15-13(6-7-16(20-15)12(2)3)9-23-10-14(18(11-23)24-4)17-8-19-22-21-17/h6-8,12,14,18H,5,9-11H2,1-4H3,(H,19,21,22)/t14-,18+/m0/s1. The maximum Gasteiger partial charge on any atom is 0.0894 e. The summed E-state index contributed by atoms with van der Waals surface area (Å²) in [6.45, 7) is 9.29. The third-order valence-corrected chi connectivity index (χ3v) is 4.87. The Hall–Kier alpha value is -1.79. The van der Waals surface area contributed by atoms with Crippen molar-refractivity contribution in [2.45, 2.75) is 51.7 Å². The largest absolute Gasteiger partial charge is 0.379 e. The van der Waals surface area contributed by atoms with Gasteiger partial charge in [0.2, 0.25) is 0 Å². The molecule has 6 nitrogen and oxygen atoms in total. The van der Waals surface area contributed by atoms with E-state index >= 15 is 0 Å². The fraction of sp³-hybridized carbons (Fsp3) is 0.611. The predicted octanol–water partition coefficient (Wildman–Crippen LogP) is 2.50. The monoisotopic (exact) mass is 329 g/mol. The predicted molar refractivity (Wildman–Crippen MR) is 92.9 cm³/mol. The molecule has 6 heteroatoms. The highest BCUT2D eigenvalue weighted by atomic mass is 16.5. The van der Waals surface area contributed by atoms with Crippen molar-refractivity contribution in [2.75, 3.05) is 20.2 Å². The second-order valence-electron chi connectivity index (χ2n) is 6.82. The molecule has 1 fully saturated rings. The Kier molecular flexibility index (Phi) is 5.26. The molecule has 1 aliphatic heterocycles. The summed E-state index contributed by atoms with van der Waals surface area (Å²) in [7, 11) is 1.78. The van der Waals surface area contributed by atoms with Gasteiger partial charge in [0, 0.05) is 44.0 Å². The van der Waals surface area contributed by atoms with Crippen LogP contribution in [0.1, 0.15) is 55.3 Å². The second kappa shape index (κ2) is 7.40. The van der Waals surface area contributed by atoms with Gasteiger partial charge >= 0.3 is 0 Å². The Labute approximate surface area is 143 Å². The molecule has 0 aliphatic carbocycles. The molecule has 0 radical (unpaired) electrons. The van der Waals surface area contributed by atoms with Gasteiger partial charge in [0.05, 0.1) is 18.0 Å². The molecule has 24 heavy (non-hydrogen) atoms. The Balaban J connectivity index is 1.75. The van der Waals surface area contributed by atoms with Crippen LogP contribution in [0.15, 0.2) is 18.3 Å². The van der Waals surface area contributed by atoms with Gasteiger partial charge in [0.15, 0.2) is 0 Å². The van der Waals surface area contributed by atoms with Gasteiger partial charge in [-0.15, -0.1) is 0 Å². The molecule has 1 saturated heterocycles.